The van der Waals surface area contributed by atoms with E-state index in [1.165, 1.54) is 6.07 Å². The lowest BCUT2D eigenvalue weighted by atomic mass is 10.1. The maximum absolute atomic E-state index is 13.5. The van der Waals surface area contributed by atoms with E-state index in [-0.39, 0.29) is 11.9 Å². The lowest BCUT2D eigenvalue weighted by molar-refractivity contribution is -0.128. The van der Waals surface area contributed by atoms with Gasteiger partial charge in [-0.1, -0.05) is 30.3 Å². The highest BCUT2D eigenvalue weighted by atomic mass is 19.2. The highest BCUT2D eigenvalue weighted by Crippen LogP contribution is 2.17. The summed E-state index contributed by atoms with van der Waals surface area (Å²) in [5.74, 6) is -0.920. The van der Waals surface area contributed by atoms with Crippen molar-refractivity contribution in [3.05, 3.63) is 70.8 Å². The van der Waals surface area contributed by atoms with E-state index in [1.54, 1.807) is 6.07 Å². The van der Waals surface area contributed by atoms with Crippen LogP contribution < -0.4 is 10.6 Å². The summed E-state index contributed by atoms with van der Waals surface area (Å²) in [7, 11) is 0. The predicted molar refractivity (Wildman–Crippen MR) is 114 cm³/mol. The van der Waals surface area contributed by atoms with Crippen LogP contribution in [0.15, 0.2) is 47.5 Å². The molecule has 1 saturated heterocycles. The molecule has 1 heterocycles. The number of carbonyl (C=O) groups excluding carboxylic acids is 1. The van der Waals surface area contributed by atoms with Gasteiger partial charge in [-0.25, -0.2) is 13.8 Å². The fraction of sp³-hybridized carbons (Fsp3) is 0.391. The number of nitrogens with zero attached hydrogens (tertiary/aromatic N) is 2. The van der Waals surface area contributed by atoms with Crippen molar-refractivity contribution in [3.8, 4) is 0 Å². The summed E-state index contributed by atoms with van der Waals surface area (Å²) >= 11 is 0. The molecule has 30 heavy (non-hydrogen) atoms. The summed E-state index contributed by atoms with van der Waals surface area (Å²) in [5.41, 5.74) is 2.76. The quantitative estimate of drug-likeness (QED) is 0.534. The smallest absolute Gasteiger partial charge is 0.222 e. The third-order valence-corrected chi connectivity index (χ3v) is 5.10. The van der Waals surface area contributed by atoms with Crippen LogP contribution in [0.4, 0.5) is 8.78 Å². The first-order valence-electron chi connectivity index (χ1n) is 10.3. The zero-order chi connectivity index (χ0) is 21.5. The fourth-order valence-electron chi connectivity index (χ4n) is 3.48. The average molecular weight is 414 g/mol. The summed E-state index contributed by atoms with van der Waals surface area (Å²) < 4.78 is 26.7. The molecule has 0 aliphatic carbocycles. The molecule has 160 valence electrons. The van der Waals surface area contributed by atoms with Gasteiger partial charge in [0.2, 0.25) is 5.91 Å². The number of benzene rings is 2. The minimum Gasteiger partial charge on any atom is -0.357 e. The Kier molecular flexibility index (Phi) is 7.38. The lowest BCUT2D eigenvalue weighted by Crippen LogP contribution is -2.38. The molecule has 0 aromatic heterocycles. The largest absolute Gasteiger partial charge is 0.357 e. The Morgan fingerprint density at radius 3 is 2.67 bits per heavy atom. The van der Waals surface area contributed by atoms with Crippen LogP contribution in [-0.4, -0.2) is 29.9 Å². The Hall–Kier alpha value is -2.96. The van der Waals surface area contributed by atoms with E-state index in [9.17, 15) is 13.6 Å². The molecule has 2 N–H and O–H groups in total. The maximum Gasteiger partial charge on any atom is 0.222 e. The molecule has 0 radical (unpaired) electrons. The van der Waals surface area contributed by atoms with Gasteiger partial charge in [0.15, 0.2) is 17.6 Å². The van der Waals surface area contributed by atoms with Crippen molar-refractivity contribution in [2.45, 2.75) is 45.8 Å². The standard InChI is InChI=1S/C23H28F2N4O/c1-3-26-23(28-16(2)19-9-10-20(24)21(25)13-19)27-14-17-6-4-7-18(12-17)15-29-11-5-8-22(29)30/h4,6-7,9-10,12-13,16H,3,5,8,11,14-15H2,1-2H3,(H2,26,27,28). The van der Waals surface area contributed by atoms with Crippen molar-refractivity contribution >= 4 is 11.9 Å². The van der Waals surface area contributed by atoms with Gasteiger partial charge in [0.25, 0.3) is 0 Å². The molecule has 1 aliphatic rings. The number of nitrogens with one attached hydrogen (secondary N) is 2. The molecule has 3 rings (SSSR count). The monoisotopic (exact) mass is 414 g/mol. The second kappa shape index (κ2) is 10.2. The van der Waals surface area contributed by atoms with Crippen molar-refractivity contribution < 1.29 is 13.6 Å². The molecule has 2 aromatic carbocycles. The van der Waals surface area contributed by atoms with Gasteiger partial charge in [-0.05, 0) is 49.1 Å². The van der Waals surface area contributed by atoms with Gasteiger partial charge in [0.05, 0.1) is 12.6 Å². The number of hydrogen-bond acceptors (Lipinski definition) is 2. The van der Waals surface area contributed by atoms with Gasteiger partial charge >= 0.3 is 0 Å². The molecule has 1 amide bonds. The van der Waals surface area contributed by atoms with Gasteiger partial charge in [0, 0.05) is 26.1 Å². The molecule has 5 nitrogen and oxygen atoms in total. The number of likely N-dealkylation sites (tertiary alicyclic amines) is 1. The average Bonchev–Trinajstić information content (AvgIpc) is 3.13. The summed E-state index contributed by atoms with van der Waals surface area (Å²) in [5, 5.41) is 6.40. The van der Waals surface area contributed by atoms with Gasteiger partial charge in [-0.2, -0.15) is 0 Å². The van der Waals surface area contributed by atoms with E-state index in [2.05, 4.69) is 21.7 Å². The zero-order valence-corrected chi connectivity index (χ0v) is 17.4. The molecular weight excluding hydrogens is 386 g/mol. The molecule has 0 spiro atoms. The Balaban J connectivity index is 1.65. The van der Waals surface area contributed by atoms with E-state index < -0.39 is 11.6 Å². The number of guanidine groups is 1. The van der Waals surface area contributed by atoms with Crippen molar-refractivity contribution in [2.24, 2.45) is 4.99 Å². The van der Waals surface area contributed by atoms with Crippen molar-refractivity contribution in [1.82, 2.24) is 15.5 Å². The third-order valence-electron chi connectivity index (χ3n) is 5.10. The van der Waals surface area contributed by atoms with E-state index in [1.807, 2.05) is 36.9 Å². The van der Waals surface area contributed by atoms with Crippen molar-refractivity contribution in [2.75, 3.05) is 13.1 Å². The highest BCUT2D eigenvalue weighted by Gasteiger charge is 2.20. The first-order valence-corrected chi connectivity index (χ1v) is 10.3. The van der Waals surface area contributed by atoms with Crippen LogP contribution in [0, 0.1) is 11.6 Å². The summed E-state index contributed by atoms with van der Waals surface area (Å²) in [4.78, 5) is 18.4. The van der Waals surface area contributed by atoms with Crippen LogP contribution in [0.1, 0.15) is 49.4 Å². The lowest BCUT2D eigenvalue weighted by Gasteiger charge is -2.18. The van der Waals surface area contributed by atoms with Crippen molar-refractivity contribution in [1.29, 1.82) is 0 Å². The zero-order valence-electron chi connectivity index (χ0n) is 17.4. The van der Waals surface area contributed by atoms with Crippen LogP contribution >= 0.6 is 0 Å². The van der Waals surface area contributed by atoms with Crippen molar-refractivity contribution in [3.63, 3.8) is 0 Å². The highest BCUT2D eigenvalue weighted by molar-refractivity contribution is 5.80. The Bertz CT molecular complexity index is 916. The van der Waals surface area contributed by atoms with E-state index in [0.717, 1.165) is 30.2 Å². The number of hydrogen-bond donors (Lipinski definition) is 2. The van der Waals surface area contributed by atoms with Crippen LogP contribution in [0.2, 0.25) is 0 Å². The topological polar surface area (TPSA) is 56.7 Å². The van der Waals surface area contributed by atoms with Gasteiger partial charge in [-0.15, -0.1) is 0 Å². The molecule has 7 heteroatoms. The first kappa shape index (κ1) is 21.7. The van der Waals surface area contributed by atoms with E-state index in [0.29, 0.717) is 37.6 Å². The molecule has 2 aromatic rings. The molecule has 1 aliphatic heterocycles. The Morgan fingerprint density at radius 2 is 1.97 bits per heavy atom. The fourth-order valence-corrected chi connectivity index (χ4v) is 3.48. The minimum absolute atomic E-state index is 0.211. The summed E-state index contributed by atoms with van der Waals surface area (Å²) in [6, 6.07) is 11.7. The van der Waals surface area contributed by atoms with Crippen LogP contribution in [0.5, 0.6) is 0 Å². The number of aliphatic imine (C=N–C) groups is 1. The molecule has 0 bridgehead atoms. The Morgan fingerprint density at radius 1 is 1.17 bits per heavy atom. The number of amides is 1. The number of halogens is 2. The maximum atomic E-state index is 13.5. The second-order valence-corrected chi connectivity index (χ2v) is 7.47. The SMILES string of the molecule is CCNC(=NCc1cccc(CN2CCCC2=O)c1)NC(C)c1ccc(F)c(F)c1. The predicted octanol–water partition coefficient (Wildman–Crippen LogP) is 3.90. The molecule has 1 atom stereocenters. The summed E-state index contributed by atoms with van der Waals surface area (Å²) in [6.07, 6.45) is 1.56. The molecule has 1 unspecified atom stereocenters. The molecular formula is C23H28F2N4O. The second-order valence-electron chi connectivity index (χ2n) is 7.47. The van der Waals surface area contributed by atoms with Crippen LogP contribution in [0.3, 0.4) is 0 Å². The normalized spacial score (nSPS) is 15.4. The van der Waals surface area contributed by atoms with E-state index >= 15 is 0 Å². The Labute approximate surface area is 176 Å². The van der Waals surface area contributed by atoms with Gasteiger partial charge < -0.3 is 15.5 Å². The molecule has 1 fully saturated rings. The first-order chi connectivity index (χ1) is 14.5. The number of carbonyl (C=O) groups is 1. The van der Waals surface area contributed by atoms with E-state index in [4.69, 9.17) is 0 Å². The van der Waals surface area contributed by atoms with Crippen LogP contribution in [0.25, 0.3) is 0 Å². The summed E-state index contributed by atoms with van der Waals surface area (Å²) in [6.45, 7) is 6.41. The van der Waals surface area contributed by atoms with Gasteiger partial charge in [-0.3, -0.25) is 4.79 Å². The van der Waals surface area contributed by atoms with Gasteiger partial charge in [0.1, 0.15) is 0 Å². The van der Waals surface area contributed by atoms with Crippen LogP contribution in [-0.2, 0) is 17.9 Å². The minimum atomic E-state index is -0.864. The molecule has 0 saturated carbocycles. The number of rotatable bonds is 7. The third kappa shape index (κ3) is 5.78.